The number of hydrogen-bond donors (Lipinski definition) is 1. The van der Waals surface area contributed by atoms with Gasteiger partial charge in [0.05, 0.1) is 0 Å². The first-order valence-corrected chi connectivity index (χ1v) is 13.0. The van der Waals surface area contributed by atoms with E-state index in [1.54, 1.807) is 47.6 Å². The van der Waals surface area contributed by atoms with Crippen LogP contribution < -0.4 is 8.48 Å². The van der Waals surface area contributed by atoms with Crippen molar-refractivity contribution in [3.63, 3.8) is 0 Å². The van der Waals surface area contributed by atoms with Crippen LogP contribution in [0.5, 0.6) is 0 Å². The summed E-state index contributed by atoms with van der Waals surface area (Å²) in [5.74, 6) is -0.394. The van der Waals surface area contributed by atoms with Crippen LogP contribution in [-0.2, 0) is 9.47 Å². The second kappa shape index (κ2) is 8.91. The summed E-state index contributed by atoms with van der Waals surface area (Å²) < 4.78 is 12.8. The Kier molecular flexibility index (Phi) is 7.23. The summed E-state index contributed by atoms with van der Waals surface area (Å²) in [5, 5.41) is 9.89. The third-order valence-corrected chi connectivity index (χ3v) is 7.55. The molecule has 0 saturated heterocycles. The number of carboxylic acid groups (broad SMARTS) is 1. The Morgan fingerprint density at radius 2 is 1.44 bits per heavy atom. The van der Waals surface area contributed by atoms with Crippen molar-refractivity contribution < 1.29 is 29.0 Å². The molecule has 9 nitrogen and oxygen atoms in total. The first-order valence-electron chi connectivity index (χ1n) is 10.2. The Morgan fingerprint density at radius 3 is 1.84 bits per heavy atom. The molecule has 1 heterocycles. The van der Waals surface area contributed by atoms with Crippen molar-refractivity contribution in [1.82, 2.24) is 9.55 Å². The van der Waals surface area contributed by atoms with Crippen LogP contribution in [0.1, 0.15) is 62.3 Å². The Bertz CT molecular complexity index is 1010. The molecule has 2 aromatic rings. The molecule has 0 atom stereocenters. The molecule has 2 rings (SSSR count). The zero-order valence-electron chi connectivity index (χ0n) is 20.1. The number of fused-ring (bicyclic) bond motifs is 1. The Balaban J connectivity index is 2.69. The summed E-state index contributed by atoms with van der Waals surface area (Å²) in [6.07, 6.45) is -3.53. The van der Waals surface area contributed by atoms with Crippen LogP contribution in [0.4, 0.5) is 20.3 Å². The van der Waals surface area contributed by atoms with Crippen LogP contribution in [0.3, 0.4) is 0 Å². The van der Waals surface area contributed by atoms with Crippen molar-refractivity contribution in [3.05, 3.63) is 18.2 Å². The second-order valence-electron chi connectivity index (χ2n) is 10.4. The molecule has 2 amide bonds. The SMILES string of the molecule is CC(C)(C)OC(=O)N(C(=O)OC(C)(C)C)c1nc2c[c]([Sn][C](C)(C)C)ccc2n1C(=O)O. The van der Waals surface area contributed by atoms with Gasteiger partial charge in [0.2, 0.25) is 0 Å². The number of carbonyl (C=O) groups excluding carboxylic acids is 2. The number of aromatic nitrogens is 2. The molecule has 32 heavy (non-hydrogen) atoms. The number of carbonyl (C=O) groups is 3. The molecule has 1 aromatic carbocycles. The molecular formula is C22H31N3O6Sn. The number of hydrogen-bond acceptors (Lipinski definition) is 6. The van der Waals surface area contributed by atoms with Gasteiger partial charge in [-0.3, -0.25) is 0 Å². The summed E-state index contributed by atoms with van der Waals surface area (Å²) in [6.45, 7) is 16.3. The van der Waals surface area contributed by atoms with E-state index in [-0.39, 0.29) is 8.95 Å². The summed E-state index contributed by atoms with van der Waals surface area (Å²) in [4.78, 5) is 42.9. The molecule has 0 aliphatic heterocycles. The van der Waals surface area contributed by atoms with Crippen molar-refractivity contribution in [2.24, 2.45) is 0 Å². The molecule has 0 aliphatic carbocycles. The van der Waals surface area contributed by atoms with Crippen molar-refractivity contribution in [2.45, 2.75) is 76.9 Å². The fraction of sp³-hybridized carbons (Fsp3) is 0.545. The van der Waals surface area contributed by atoms with Crippen LogP contribution in [-0.4, -0.2) is 65.3 Å². The third-order valence-electron chi connectivity index (χ3n) is 3.70. The standard InChI is InChI=1S/C18H22N3O6.C4H9.Sn/c1-17(2,3)26-15(24)21(16(25)27-18(4,5)6)13-19-11-9-7-8-10-12(11)20(13)14(22)23;1-4(2)3;/h8-10H,1-6H3,(H,22,23);1-3H3;. The topological polar surface area (TPSA) is 111 Å². The fourth-order valence-corrected chi connectivity index (χ4v) is 6.31. The van der Waals surface area contributed by atoms with Gasteiger partial charge in [0.15, 0.2) is 0 Å². The molecule has 1 aromatic heterocycles. The van der Waals surface area contributed by atoms with E-state index < -0.39 is 56.6 Å². The zero-order valence-corrected chi connectivity index (χ0v) is 22.9. The van der Waals surface area contributed by atoms with Gasteiger partial charge in [0.25, 0.3) is 0 Å². The van der Waals surface area contributed by atoms with Gasteiger partial charge in [-0.25, -0.2) is 0 Å². The van der Waals surface area contributed by atoms with Gasteiger partial charge in [-0.15, -0.1) is 0 Å². The number of imide groups is 1. The van der Waals surface area contributed by atoms with E-state index in [9.17, 15) is 19.5 Å². The predicted octanol–water partition coefficient (Wildman–Crippen LogP) is 4.79. The summed E-state index contributed by atoms with van der Waals surface area (Å²) in [5.41, 5.74) is -1.21. The van der Waals surface area contributed by atoms with Crippen LogP contribution in [0, 0.1) is 0 Å². The maximum absolute atomic E-state index is 13.0. The summed E-state index contributed by atoms with van der Waals surface area (Å²) in [7, 11) is 0. The Morgan fingerprint density at radius 1 is 0.938 bits per heavy atom. The van der Waals surface area contributed by atoms with E-state index in [4.69, 9.17) is 9.47 Å². The molecule has 0 fully saturated rings. The van der Waals surface area contributed by atoms with Gasteiger partial charge in [0, 0.05) is 0 Å². The van der Waals surface area contributed by atoms with Crippen LogP contribution in [0.25, 0.3) is 11.0 Å². The van der Waals surface area contributed by atoms with Crippen molar-refractivity contribution >= 4 is 60.0 Å². The molecular weight excluding hydrogens is 521 g/mol. The third kappa shape index (κ3) is 6.85. The van der Waals surface area contributed by atoms with Crippen molar-refractivity contribution in [1.29, 1.82) is 0 Å². The molecule has 0 saturated carbocycles. The molecule has 10 heteroatoms. The second-order valence-corrected chi connectivity index (χ2v) is 17.0. The van der Waals surface area contributed by atoms with Gasteiger partial charge in [-0.1, -0.05) is 0 Å². The molecule has 0 aliphatic rings. The molecule has 0 bridgehead atoms. The normalized spacial score (nSPS) is 12.5. The zero-order chi connectivity index (χ0) is 24.6. The average Bonchev–Trinajstić information content (AvgIpc) is 2.87. The average molecular weight is 552 g/mol. The molecule has 2 radical (unpaired) electrons. The number of anilines is 1. The van der Waals surface area contributed by atoms with Crippen LogP contribution in [0.15, 0.2) is 18.2 Å². The van der Waals surface area contributed by atoms with Gasteiger partial charge in [0.1, 0.15) is 0 Å². The molecule has 1 N–H and O–H groups in total. The first kappa shape index (κ1) is 26.0. The predicted molar refractivity (Wildman–Crippen MR) is 123 cm³/mol. The van der Waals surface area contributed by atoms with E-state index in [2.05, 4.69) is 25.8 Å². The van der Waals surface area contributed by atoms with E-state index in [1.807, 2.05) is 12.1 Å². The van der Waals surface area contributed by atoms with Gasteiger partial charge in [-0.05, 0) is 0 Å². The van der Waals surface area contributed by atoms with Crippen LogP contribution >= 0.6 is 0 Å². The summed E-state index contributed by atoms with van der Waals surface area (Å²) >= 11 is -0.990. The maximum atomic E-state index is 13.0. The number of amides is 2. The van der Waals surface area contributed by atoms with E-state index in [1.165, 1.54) is 0 Å². The summed E-state index contributed by atoms with van der Waals surface area (Å²) in [6, 6.07) is 5.37. The molecule has 174 valence electrons. The number of rotatable bonds is 2. The van der Waals surface area contributed by atoms with E-state index in [0.717, 1.165) is 8.15 Å². The number of nitrogens with zero attached hydrogens (tertiary/aromatic N) is 3. The quantitative estimate of drug-likeness (QED) is 0.534. The van der Waals surface area contributed by atoms with Crippen molar-refractivity contribution in [3.8, 4) is 0 Å². The van der Waals surface area contributed by atoms with Gasteiger partial charge >= 0.3 is 199 Å². The van der Waals surface area contributed by atoms with Crippen molar-refractivity contribution in [2.75, 3.05) is 4.90 Å². The number of imidazole rings is 1. The van der Waals surface area contributed by atoms with Crippen LogP contribution in [0.2, 0.25) is 3.43 Å². The fourth-order valence-electron chi connectivity index (χ4n) is 2.77. The van der Waals surface area contributed by atoms with Gasteiger partial charge in [-0.2, -0.15) is 0 Å². The van der Waals surface area contributed by atoms with E-state index in [0.29, 0.717) is 10.4 Å². The molecule has 0 unspecified atom stereocenters. The minimum absolute atomic E-state index is 0.175. The van der Waals surface area contributed by atoms with E-state index >= 15 is 0 Å². The minimum atomic E-state index is -1.39. The monoisotopic (exact) mass is 553 g/mol. The Hall–Kier alpha value is -2.30. The van der Waals surface area contributed by atoms with Gasteiger partial charge < -0.3 is 0 Å². The number of benzene rings is 1. The first-order chi connectivity index (χ1) is 14.4. The molecule has 0 spiro atoms. The number of ether oxygens (including phenoxy) is 2. The Labute approximate surface area is 198 Å².